The van der Waals surface area contributed by atoms with Crippen LogP contribution in [-0.4, -0.2) is 42.1 Å². The van der Waals surface area contributed by atoms with Crippen molar-refractivity contribution in [1.29, 1.82) is 0 Å². The molecule has 2 aromatic carbocycles. The molecule has 0 aliphatic heterocycles. The summed E-state index contributed by atoms with van der Waals surface area (Å²) >= 11 is 0. The standard InChI is InChI=1S/C21H26N2O3/c1-16(20(24)25)15-23(2)21(26)22-14-19(18-11-7-4-8-12-18)13-17-9-5-3-6-10-17/h3-12,16,19H,13-15H2,1-2H3,(H,22,26)(H,24,25). The van der Waals surface area contributed by atoms with Crippen LogP contribution >= 0.6 is 0 Å². The molecule has 138 valence electrons. The molecule has 2 aromatic rings. The fraction of sp³-hybridized carbons (Fsp3) is 0.333. The molecule has 0 heterocycles. The summed E-state index contributed by atoms with van der Waals surface area (Å²) in [5.41, 5.74) is 2.38. The summed E-state index contributed by atoms with van der Waals surface area (Å²) in [5.74, 6) is -1.36. The molecule has 2 N–H and O–H groups in total. The molecule has 0 aromatic heterocycles. The lowest BCUT2D eigenvalue weighted by atomic mass is 9.92. The van der Waals surface area contributed by atoms with E-state index >= 15 is 0 Å². The topological polar surface area (TPSA) is 69.6 Å². The molecule has 0 aliphatic carbocycles. The van der Waals surface area contributed by atoms with Crippen LogP contribution in [0.2, 0.25) is 0 Å². The molecule has 26 heavy (non-hydrogen) atoms. The highest BCUT2D eigenvalue weighted by molar-refractivity contribution is 5.75. The summed E-state index contributed by atoms with van der Waals surface area (Å²) in [5, 5.41) is 11.9. The van der Waals surface area contributed by atoms with Crippen molar-refractivity contribution in [2.24, 2.45) is 5.92 Å². The van der Waals surface area contributed by atoms with Gasteiger partial charge in [0.25, 0.3) is 0 Å². The molecule has 5 nitrogen and oxygen atoms in total. The second-order valence-corrected chi connectivity index (χ2v) is 6.60. The molecule has 0 radical (unpaired) electrons. The first-order valence-corrected chi connectivity index (χ1v) is 8.78. The molecule has 5 heteroatoms. The number of hydrogen-bond donors (Lipinski definition) is 2. The number of urea groups is 1. The minimum Gasteiger partial charge on any atom is -0.481 e. The number of nitrogens with one attached hydrogen (secondary N) is 1. The lowest BCUT2D eigenvalue weighted by Crippen LogP contribution is -2.42. The first-order valence-electron chi connectivity index (χ1n) is 8.78. The van der Waals surface area contributed by atoms with Crippen molar-refractivity contribution in [2.45, 2.75) is 19.3 Å². The zero-order valence-electron chi connectivity index (χ0n) is 15.3. The molecule has 2 amide bonds. The van der Waals surface area contributed by atoms with E-state index in [1.54, 1.807) is 14.0 Å². The Morgan fingerprint density at radius 1 is 1.04 bits per heavy atom. The van der Waals surface area contributed by atoms with E-state index in [4.69, 9.17) is 5.11 Å². The van der Waals surface area contributed by atoms with E-state index in [9.17, 15) is 9.59 Å². The number of carboxylic acid groups (broad SMARTS) is 1. The van der Waals surface area contributed by atoms with Gasteiger partial charge in [0.15, 0.2) is 0 Å². The Hall–Kier alpha value is -2.82. The second kappa shape index (κ2) is 9.61. The zero-order valence-corrected chi connectivity index (χ0v) is 15.3. The maximum atomic E-state index is 12.3. The summed E-state index contributed by atoms with van der Waals surface area (Å²) in [7, 11) is 1.61. The molecule has 0 spiro atoms. The van der Waals surface area contributed by atoms with Crippen LogP contribution in [0.3, 0.4) is 0 Å². The van der Waals surface area contributed by atoms with Crippen molar-refractivity contribution in [1.82, 2.24) is 10.2 Å². The van der Waals surface area contributed by atoms with Gasteiger partial charge in [-0.25, -0.2) is 4.79 Å². The second-order valence-electron chi connectivity index (χ2n) is 6.60. The van der Waals surface area contributed by atoms with Crippen molar-refractivity contribution in [3.63, 3.8) is 0 Å². The molecule has 0 bridgehead atoms. The van der Waals surface area contributed by atoms with Gasteiger partial charge in [0, 0.05) is 26.1 Å². The summed E-state index contributed by atoms with van der Waals surface area (Å²) < 4.78 is 0. The number of amides is 2. The quantitative estimate of drug-likeness (QED) is 0.763. The minimum absolute atomic E-state index is 0.146. The Morgan fingerprint density at radius 3 is 2.19 bits per heavy atom. The number of nitrogens with zero attached hydrogens (tertiary/aromatic N) is 1. The fourth-order valence-corrected chi connectivity index (χ4v) is 2.85. The highest BCUT2D eigenvalue weighted by atomic mass is 16.4. The Labute approximate surface area is 154 Å². The van der Waals surface area contributed by atoms with Crippen LogP contribution in [0.5, 0.6) is 0 Å². The van der Waals surface area contributed by atoms with Crippen molar-refractivity contribution >= 4 is 12.0 Å². The smallest absolute Gasteiger partial charge is 0.317 e. The van der Waals surface area contributed by atoms with E-state index in [1.165, 1.54) is 16.0 Å². The van der Waals surface area contributed by atoms with Crippen molar-refractivity contribution in [2.75, 3.05) is 20.1 Å². The zero-order chi connectivity index (χ0) is 18.9. The lowest BCUT2D eigenvalue weighted by Gasteiger charge is -2.23. The maximum absolute atomic E-state index is 12.3. The predicted molar refractivity (Wildman–Crippen MR) is 102 cm³/mol. The monoisotopic (exact) mass is 354 g/mol. The van der Waals surface area contributed by atoms with Gasteiger partial charge in [-0.1, -0.05) is 67.6 Å². The van der Waals surface area contributed by atoms with E-state index < -0.39 is 11.9 Å². The molecule has 0 fully saturated rings. The van der Waals surface area contributed by atoms with E-state index in [2.05, 4.69) is 29.6 Å². The van der Waals surface area contributed by atoms with Crippen molar-refractivity contribution in [3.05, 3.63) is 71.8 Å². The fourth-order valence-electron chi connectivity index (χ4n) is 2.85. The molecule has 2 unspecified atom stereocenters. The van der Waals surface area contributed by atoms with Crippen LogP contribution in [0.4, 0.5) is 4.79 Å². The van der Waals surface area contributed by atoms with E-state index in [1.807, 2.05) is 36.4 Å². The molecule has 2 rings (SSSR count). The van der Waals surface area contributed by atoms with Crippen LogP contribution in [0.1, 0.15) is 24.0 Å². The van der Waals surface area contributed by atoms with Gasteiger partial charge < -0.3 is 15.3 Å². The van der Waals surface area contributed by atoms with Gasteiger partial charge >= 0.3 is 12.0 Å². The molecular formula is C21H26N2O3. The Kier molecular flexibility index (Phi) is 7.21. The summed E-state index contributed by atoms with van der Waals surface area (Å²) in [6, 6.07) is 20.0. The average molecular weight is 354 g/mol. The summed E-state index contributed by atoms with van der Waals surface area (Å²) in [6.07, 6.45) is 0.820. The van der Waals surface area contributed by atoms with Gasteiger partial charge in [-0.15, -0.1) is 0 Å². The van der Waals surface area contributed by atoms with Crippen LogP contribution in [0.15, 0.2) is 60.7 Å². The number of carbonyl (C=O) groups excluding carboxylic acids is 1. The molecule has 0 saturated heterocycles. The highest BCUT2D eigenvalue weighted by Crippen LogP contribution is 2.20. The molecule has 0 saturated carbocycles. The van der Waals surface area contributed by atoms with E-state index in [0.717, 1.165) is 6.42 Å². The number of hydrogen-bond acceptors (Lipinski definition) is 2. The maximum Gasteiger partial charge on any atom is 0.317 e. The van der Waals surface area contributed by atoms with Gasteiger partial charge in [0.05, 0.1) is 5.92 Å². The third-order valence-corrected chi connectivity index (χ3v) is 4.41. The normalized spacial score (nSPS) is 12.8. The van der Waals surface area contributed by atoms with Crippen LogP contribution in [-0.2, 0) is 11.2 Å². The Morgan fingerprint density at radius 2 is 1.62 bits per heavy atom. The Balaban J connectivity index is 2.00. The Bertz CT molecular complexity index is 704. The first-order chi connectivity index (χ1) is 12.5. The number of carbonyl (C=O) groups is 2. The van der Waals surface area contributed by atoms with Gasteiger partial charge in [-0.3, -0.25) is 4.79 Å². The van der Waals surface area contributed by atoms with Crippen LogP contribution < -0.4 is 5.32 Å². The predicted octanol–water partition coefficient (Wildman–Crippen LogP) is 3.38. The van der Waals surface area contributed by atoms with Crippen LogP contribution in [0.25, 0.3) is 0 Å². The lowest BCUT2D eigenvalue weighted by molar-refractivity contribution is -0.141. The third kappa shape index (κ3) is 5.92. The summed E-state index contributed by atoms with van der Waals surface area (Å²) in [6.45, 7) is 2.26. The van der Waals surface area contributed by atoms with Crippen LogP contribution in [0, 0.1) is 5.92 Å². The number of benzene rings is 2. The molecule has 0 aliphatic rings. The largest absolute Gasteiger partial charge is 0.481 e. The van der Waals surface area contributed by atoms with Gasteiger partial charge in [0.2, 0.25) is 0 Å². The third-order valence-electron chi connectivity index (χ3n) is 4.41. The van der Waals surface area contributed by atoms with Gasteiger partial charge in [-0.05, 0) is 17.5 Å². The number of aliphatic carboxylic acids is 1. The minimum atomic E-state index is -0.907. The van der Waals surface area contributed by atoms with Crippen molar-refractivity contribution in [3.8, 4) is 0 Å². The number of rotatable bonds is 8. The highest BCUT2D eigenvalue weighted by Gasteiger charge is 2.19. The number of carboxylic acids is 1. The summed E-state index contributed by atoms with van der Waals surface area (Å²) in [4.78, 5) is 24.7. The van der Waals surface area contributed by atoms with E-state index in [-0.39, 0.29) is 18.5 Å². The van der Waals surface area contributed by atoms with Gasteiger partial charge in [0.1, 0.15) is 0 Å². The first kappa shape index (κ1) is 19.5. The van der Waals surface area contributed by atoms with Gasteiger partial charge in [-0.2, -0.15) is 0 Å². The molecule has 2 atom stereocenters. The molecular weight excluding hydrogens is 328 g/mol. The average Bonchev–Trinajstić information content (AvgIpc) is 2.66. The van der Waals surface area contributed by atoms with E-state index in [0.29, 0.717) is 6.54 Å². The SMILES string of the molecule is CC(CN(C)C(=O)NCC(Cc1ccccc1)c1ccccc1)C(=O)O. The van der Waals surface area contributed by atoms with Crippen molar-refractivity contribution < 1.29 is 14.7 Å².